The first kappa shape index (κ1) is 94.5. The van der Waals surface area contributed by atoms with E-state index in [0.717, 1.165) is 68.9 Å². The number of tetrazole rings is 4. The molecule has 0 spiro atoms. The number of hydrogen-bond donors (Lipinski definition) is 8. The maximum Gasteiger partial charge on any atom is 0.202 e. The van der Waals surface area contributed by atoms with E-state index in [4.69, 9.17) is 46.6 Å². The van der Waals surface area contributed by atoms with Crippen LogP contribution in [0.2, 0.25) is 0 Å². The second-order valence-corrected chi connectivity index (χ2v) is 29.1. The van der Waals surface area contributed by atoms with Gasteiger partial charge in [0.05, 0.1) is 55.8 Å². The van der Waals surface area contributed by atoms with Crippen LogP contribution in [0.1, 0.15) is 25.7 Å². The van der Waals surface area contributed by atoms with E-state index in [2.05, 4.69) is 108 Å². The zero-order valence-electron chi connectivity index (χ0n) is 72.8. The molecule has 7 aromatic carbocycles. The summed E-state index contributed by atoms with van der Waals surface area (Å²) in [4.78, 5) is 22.9. The summed E-state index contributed by atoms with van der Waals surface area (Å²) in [7, 11) is 12.7. The van der Waals surface area contributed by atoms with Crippen LogP contribution in [0.25, 0.3) is 113 Å². The van der Waals surface area contributed by atoms with Gasteiger partial charge in [-0.05, 0) is 253 Å². The number of hydrogen-bond acceptors (Lipinski definition) is 31. The Morgan fingerprint density at radius 2 is 0.617 bits per heavy atom. The Hall–Kier alpha value is -16.2. The SMILES string of the molecule is CNCCCOc1ccc(-n2nnnc2-c2cc(-c3ccc(OC)cc3)cnc2N)c(F)c1F.CNCCCOc1ccc(-n2nnnc2-c2cc(-c3cccc(N(C)C)c3)cnc2N)c(F)c1F.CNCCCOc1ccc(-n2nnnc2-c2cc(-c3ccccc3)cnc2N)c(F)c1F.CNCCCOc1ccc(-n2nnnc2-c2cc(-c3ccncc3)cnc2N)c(F)c1F. The minimum Gasteiger partial charge on any atom is -0.497 e. The van der Waals surface area contributed by atoms with Crippen LogP contribution in [0, 0.1) is 46.5 Å². The number of benzene rings is 7. The molecular weight excluding hydrogens is 1730 g/mol. The lowest BCUT2D eigenvalue weighted by atomic mass is 10.0. The third kappa shape index (κ3) is 22.6. The Morgan fingerprint density at radius 3 is 0.917 bits per heavy atom. The van der Waals surface area contributed by atoms with E-state index in [9.17, 15) is 30.7 Å². The maximum absolute atomic E-state index is 15.0. The number of halogens is 8. The molecule has 16 rings (SSSR count). The highest BCUT2D eigenvalue weighted by Crippen LogP contribution is 2.39. The molecule has 0 atom stereocenters. The molecular formula is C90H90F8N30O5. The van der Waals surface area contributed by atoms with Crippen molar-refractivity contribution in [3.63, 3.8) is 0 Å². The third-order valence-corrected chi connectivity index (χ3v) is 20.1. The molecule has 0 radical (unpaired) electrons. The van der Waals surface area contributed by atoms with Crippen LogP contribution in [0.15, 0.2) is 201 Å². The number of pyridine rings is 5. The highest BCUT2D eigenvalue weighted by Gasteiger charge is 2.29. The van der Waals surface area contributed by atoms with Crippen molar-refractivity contribution in [1.82, 2.24) is 127 Å². The average molecular weight is 1820 g/mol. The number of anilines is 5. The quantitative estimate of drug-likeness (QED) is 0.0137. The summed E-state index contributed by atoms with van der Waals surface area (Å²) in [5, 5.41) is 57.7. The van der Waals surface area contributed by atoms with Gasteiger partial charge < -0.3 is 72.8 Å². The molecule has 0 aliphatic rings. The Kier molecular flexibility index (Phi) is 32.1. The molecule has 0 saturated heterocycles. The zero-order valence-corrected chi connectivity index (χ0v) is 72.8. The molecule has 0 fully saturated rings. The Labute approximate surface area is 755 Å². The molecule has 0 aliphatic carbocycles. The molecule has 9 heterocycles. The lowest BCUT2D eigenvalue weighted by Crippen LogP contribution is -2.12. The van der Waals surface area contributed by atoms with Crippen LogP contribution in [0.4, 0.5) is 64.1 Å². The summed E-state index contributed by atoms with van der Waals surface area (Å²) >= 11 is 0. The van der Waals surface area contributed by atoms with Crippen LogP contribution < -0.4 is 72.8 Å². The molecule has 133 heavy (non-hydrogen) atoms. The van der Waals surface area contributed by atoms with Crippen molar-refractivity contribution in [3.05, 3.63) is 248 Å². The normalized spacial score (nSPS) is 11.0. The second-order valence-electron chi connectivity index (χ2n) is 29.1. The smallest absolute Gasteiger partial charge is 0.202 e. The first-order chi connectivity index (χ1) is 64.6. The highest BCUT2D eigenvalue weighted by atomic mass is 19.2. The van der Waals surface area contributed by atoms with E-state index in [1.807, 2.05) is 110 Å². The number of nitrogens with two attached hydrogens (primary N) is 4. The Bertz CT molecular complexity index is 6410. The molecule has 0 saturated carbocycles. The monoisotopic (exact) mass is 1820 g/mol. The molecule has 0 unspecified atom stereocenters. The number of nitrogens with zero attached hydrogens (tertiary/aromatic N) is 22. The van der Waals surface area contributed by atoms with E-state index in [0.29, 0.717) is 79.9 Å². The zero-order chi connectivity index (χ0) is 94.0. The number of nitrogens with one attached hydrogen (secondary N) is 4. The lowest BCUT2D eigenvalue weighted by molar-refractivity contribution is 0.289. The van der Waals surface area contributed by atoms with E-state index in [-0.39, 0.29) is 119 Å². The second kappa shape index (κ2) is 45.2. The van der Waals surface area contributed by atoms with Gasteiger partial charge >= 0.3 is 0 Å². The van der Waals surface area contributed by atoms with Gasteiger partial charge in [0.25, 0.3) is 0 Å². The van der Waals surface area contributed by atoms with Crippen LogP contribution in [0.3, 0.4) is 0 Å². The van der Waals surface area contributed by atoms with Crippen LogP contribution in [0.5, 0.6) is 28.7 Å². The maximum atomic E-state index is 15.0. The van der Waals surface area contributed by atoms with Crippen molar-refractivity contribution in [2.75, 3.05) is 130 Å². The highest BCUT2D eigenvalue weighted by molar-refractivity contribution is 5.81. The fourth-order valence-corrected chi connectivity index (χ4v) is 13.2. The number of rotatable bonds is 34. The first-order valence-electron chi connectivity index (χ1n) is 41.2. The average Bonchev–Trinajstić information content (AvgIpc) is 1.70. The molecule has 35 nitrogen and oxygen atoms in total. The van der Waals surface area contributed by atoms with Crippen LogP contribution in [-0.2, 0) is 0 Å². The fourth-order valence-electron chi connectivity index (χ4n) is 13.2. The summed E-state index contributed by atoms with van der Waals surface area (Å²) in [6, 6.07) is 46.2. The third-order valence-electron chi connectivity index (χ3n) is 20.1. The summed E-state index contributed by atoms with van der Waals surface area (Å²) in [6.45, 7) is 3.78. The summed E-state index contributed by atoms with van der Waals surface area (Å²) < 4.78 is 149. The van der Waals surface area contributed by atoms with Gasteiger partial charge in [-0.2, -0.15) is 36.3 Å². The first-order valence-corrected chi connectivity index (χ1v) is 41.2. The van der Waals surface area contributed by atoms with Gasteiger partial charge in [-0.25, -0.2) is 37.5 Å². The Balaban J connectivity index is 0.000000151. The summed E-state index contributed by atoms with van der Waals surface area (Å²) in [5.41, 5.74) is 32.7. The fraction of sp³-hybridized carbons (Fsp3) is 0.211. The van der Waals surface area contributed by atoms with Gasteiger partial charge in [0, 0.05) is 79.2 Å². The standard InChI is InChI=1S/C24H26F2N8O.C23H23F2N7O2.C22H21F2N7O.C21H20F2N8O/c1-28-10-5-11-35-20-9-8-19(21(25)22(20)26)34-24(30-31-32-34)18-13-16(14-29-23(18)27)15-6-4-7-17(12-15)33(2)3;1-27-10-3-11-34-19-9-8-18(20(24)21(19)25)32-23(29-30-31-32)17-12-15(13-28-22(17)26)14-4-6-16(33-2)7-5-14;1-26-10-5-11-32-18-9-8-17(19(23)20(18)24)31-22(28-29-30-31)16-12-15(13-27-21(16)25)14-6-3-2-4-7-14;1-25-7-2-10-32-17-4-3-16(18(22)19(17)23)31-21(28-29-30-31)15-11-14(12-27-20(15)24)13-5-8-26-9-6-13/h4,6-9,12-14,28H,5,10-11H2,1-3H3,(H2,27,29);4-9,12-13,27H,3,10-11H2,1-2H3,(H2,26,28);2-4,6-9,12-13,26H,5,10-11H2,1H3,(H2,25,27);3-6,8-9,11-12,25H,2,7,10H2,1H3,(H2,24,27). The minimum atomic E-state index is -1.14. The van der Waals surface area contributed by atoms with E-state index in [1.165, 1.54) is 48.5 Å². The molecule has 9 aromatic heterocycles. The number of ether oxygens (including phenoxy) is 5. The van der Waals surface area contributed by atoms with Crippen LogP contribution >= 0.6 is 0 Å². The molecule has 0 amide bonds. The number of aromatic nitrogens is 21. The molecule has 16 aromatic rings. The molecule has 43 heteroatoms. The largest absolute Gasteiger partial charge is 0.497 e. The van der Waals surface area contributed by atoms with Crippen molar-refractivity contribution in [2.45, 2.75) is 25.7 Å². The van der Waals surface area contributed by atoms with Crippen molar-refractivity contribution >= 4 is 29.0 Å². The predicted octanol–water partition coefficient (Wildman–Crippen LogP) is 12.4. The van der Waals surface area contributed by atoms with E-state index in [1.54, 1.807) is 96.7 Å². The van der Waals surface area contributed by atoms with Gasteiger partial charge in [-0.3, -0.25) is 4.98 Å². The molecule has 12 N–H and O–H groups in total. The summed E-state index contributed by atoms with van der Waals surface area (Å²) in [5.74, 6) is -7.95. The van der Waals surface area contributed by atoms with E-state index >= 15 is 4.39 Å². The van der Waals surface area contributed by atoms with Gasteiger partial charge in [0.2, 0.25) is 23.3 Å². The van der Waals surface area contributed by atoms with Crippen LogP contribution in [-0.4, -0.2) is 208 Å². The van der Waals surface area contributed by atoms with Gasteiger partial charge in [-0.1, -0.05) is 54.6 Å². The minimum absolute atomic E-state index is 0.112. The van der Waals surface area contributed by atoms with Gasteiger partial charge in [0.15, 0.2) is 69.6 Å². The number of methoxy groups -OCH3 is 1. The van der Waals surface area contributed by atoms with Crippen molar-refractivity contribution in [2.24, 2.45) is 0 Å². The number of nitrogen functional groups attached to an aromatic ring is 4. The molecule has 0 bridgehead atoms. The van der Waals surface area contributed by atoms with Crippen molar-refractivity contribution in [3.8, 4) is 142 Å². The van der Waals surface area contributed by atoms with Gasteiger partial charge in [0.1, 0.15) is 51.8 Å². The predicted molar refractivity (Wildman–Crippen MR) is 483 cm³/mol. The lowest BCUT2D eigenvalue weighted by Gasteiger charge is -2.14. The van der Waals surface area contributed by atoms with Gasteiger partial charge in [-0.15, -0.1) is 20.4 Å². The molecule has 686 valence electrons. The van der Waals surface area contributed by atoms with E-state index < -0.39 is 46.5 Å². The molecule has 0 aliphatic heterocycles. The van der Waals surface area contributed by atoms with Crippen molar-refractivity contribution in [1.29, 1.82) is 0 Å². The van der Waals surface area contributed by atoms with Crippen molar-refractivity contribution < 1.29 is 58.8 Å². The topological polar surface area (TPSA) is 440 Å². The summed E-state index contributed by atoms with van der Waals surface area (Å²) in [6.07, 6.45) is 12.4. The Morgan fingerprint density at radius 1 is 0.323 bits per heavy atom.